The van der Waals surface area contributed by atoms with Crippen LogP contribution in [-0.2, 0) is 28.2 Å². The second kappa shape index (κ2) is 17.0. The molecule has 40 heavy (non-hydrogen) atoms. The van der Waals surface area contributed by atoms with Gasteiger partial charge in [-0.25, -0.2) is 4.79 Å². The number of esters is 1. The molecule has 232 valence electrons. The van der Waals surface area contributed by atoms with E-state index in [1.807, 2.05) is 33.8 Å². The van der Waals surface area contributed by atoms with E-state index in [-0.39, 0.29) is 42.0 Å². The summed E-state index contributed by atoms with van der Waals surface area (Å²) < 4.78 is 30.2. The Morgan fingerprint density at radius 1 is 1.10 bits per heavy atom. The van der Waals surface area contributed by atoms with Crippen molar-refractivity contribution < 1.29 is 28.2 Å². The first-order chi connectivity index (χ1) is 18.7. The van der Waals surface area contributed by atoms with Crippen molar-refractivity contribution in [2.45, 2.75) is 131 Å². The van der Waals surface area contributed by atoms with Crippen LogP contribution in [0.2, 0.25) is 17.6 Å². The van der Waals surface area contributed by atoms with Crippen LogP contribution in [0.1, 0.15) is 89.5 Å². The summed E-state index contributed by atoms with van der Waals surface area (Å²) in [5, 5.41) is 0. The molecule has 1 saturated heterocycles. The molecule has 0 saturated carbocycles. The van der Waals surface area contributed by atoms with Crippen LogP contribution in [0.4, 0.5) is 0 Å². The third-order valence-electron chi connectivity index (χ3n) is 8.41. The Hall–Kier alpha value is -1.25. The average molecular weight is 581 g/mol. The third kappa shape index (κ3) is 10.9. The summed E-state index contributed by atoms with van der Waals surface area (Å²) in [7, 11) is -0.227. The Kier molecular flexibility index (Phi) is 15.6. The molecular weight excluding hydrogens is 520 g/mol. The molecule has 1 aliphatic heterocycles. The molecule has 0 amide bonds. The van der Waals surface area contributed by atoms with E-state index in [4.69, 9.17) is 23.4 Å². The highest BCUT2D eigenvalue weighted by Gasteiger charge is 2.40. The second-order valence-corrected chi connectivity index (χ2v) is 17.4. The highest BCUT2D eigenvalue weighted by Crippen LogP contribution is 2.36. The highest BCUT2D eigenvalue weighted by molar-refractivity contribution is 6.75. The molecule has 7 heteroatoms. The molecule has 1 rings (SSSR count). The van der Waals surface area contributed by atoms with Crippen molar-refractivity contribution in [1.82, 2.24) is 0 Å². The normalized spacial score (nSPS) is 23.8. The molecule has 0 radical (unpaired) electrons. The van der Waals surface area contributed by atoms with Crippen LogP contribution >= 0.6 is 0 Å². The number of allylic oxidation sites excluding steroid dienone is 3. The maximum absolute atomic E-state index is 12.4. The lowest BCUT2D eigenvalue weighted by Gasteiger charge is -2.42. The van der Waals surface area contributed by atoms with E-state index in [1.165, 1.54) is 5.57 Å². The molecule has 0 unspecified atom stereocenters. The maximum atomic E-state index is 12.4. The van der Waals surface area contributed by atoms with Crippen LogP contribution in [0.25, 0.3) is 0 Å². The smallest absolute Gasteiger partial charge is 0.333 e. The van der Waals surface area contributed by atoms with Gasteiger partial charge in [-0.3, -0.25) is 0 Å². The largest absolute Gasteiger partial charge is 0.463 e. The van der Waals surface area contributed by atoms with Gasteiger partial charge >= 0.3 is 5.97 Å². The molecule has 0 aromatic heterocycles. The van der Waals surface area contributed by atoms with Gasteiger partial charge in [-0.2, -0.15) is 0 Å². The quantitative estimate of drug-likeness (QED) is 0.0793. The van der Waals surface area contributed by atoms with Gasteiger partial charge in [0.1, 0.15) is 6.10 Å². The summed E-state index contributed by atoms with van der Waals surface area (Å²) in [4.78, 5) is 12.4. The number of hydrogen-bond acceptors (Lipinski definition) is 6. The number of hydrogen-bond donors (Lipinski definition) is 0. The van der Waals surface area contributed by atoms with Gasteiger partial charge in [0.05, 0.1) is 25.4 Å². The fourth-order valence-corrected chi connectivity index (χ4v) is 9.55. The number of rotatable bonds is 16. The molecule has 6 nitrogen and oxygen atoms in total. The molecule has 6 atom stereocenters. The van der Waals surface area contributed by atoms with Gasteiger partial charge < -0.3 is 23.4 Å². The summed E-state index contributed by atoms with van der Waals surface area (Å²) in [5.41, 5.74) is 2.44. The summed E-state index contributed by atoms with van der Waals surface area (Å²) >= 11 is 0. The van der Waals surface area contributed by atoms with E-state index < -0.39 is 14.1 Å². The van der Waals surface area contributed by atoms with Crippen molar-refractivity contribution in [3.63, 3.8) is 0 Å². The Balaban J connectivity index is 3.15. The van der Waals surface area contributed by atoms with Crippen LogP contribution in [-0.4, -0.2) is 58.7 Å². The van der Waals surface area contributed by atoms with E-state index in [2.05, 4.69) is 73.6 Å². The van der Waals surface area contributed by atoms with E-state index in [1.54, 1.807) is 7.11 Å². The first-order valence-corrected chi connectivity index (χ1v) is 17.8. The van der Waals surface area contributed by atoms with Gasteiger partial charge in [0, 0.05) is 24.5 Å². The maximum Gasteiger partial charge on any atom is 0.333 e. The molecule has 1 fully saturated rings. The monoisotopic (exact) mass is 580 g/mol. The Morgan fingerprint density at radius 3 is 2.25 bits per heavy atom. The van der Waals surface area contributed by atoms with E-state index >= 15 is 0 Å². The third-order valence-corrected chi connectivity index (χ3v) is 13.6. The fraction of sp³-hybridized carbons (Fsp3) is 0.788. The Bertz CT molecular complexity index is 857. The van der Waals surface area contributed by atoms with Crippen LogP contribution in [0.3, 0.4) is 0 Å². The number of carbonyl (C=O) groups is 1. The van der Waals surface area contributed by atoms with Crippen molar-refractivity contribution in [3.8, 4) is 0 Å². The molecular formula is C33H60O6Si. The van der Waals surface area contributed by atoms with Crippen LogP contribution < -0.4 is 0 Å². The van der Waals surface area contributed by atoms with Gasteiger partial charge in [-0.05, 0) is 64.6 Å². The van der Waals surface area contributed by atoms with Crippen LogP contribution in [0, 0.1) is 17.8 Å². The highest BCUT2D eigenvalue weighted by atomic mass is 28.4. The van der Waals surface area contributed by atoms with Gasteiger partial charge in [-0.15, -0.1) is 0 Å². The lowest BCUT2D eigenvalue weighted by atomic mass is 9.87. The van der Waals surface area contributed by atoms with E-state index in [0.717, 1.165) is 18.5 Å². The number of carbonyl (C=O) groups excluding carboxylic acids is 1. The zero-order chi connectivity index (χ0) is 30.7. The zero-order valence-electron chi connectivity index (χ0n) is 27.8. The van der Waals surface area contributed by atoms with Crippen molar-refractivity contribution in [2.24, 2.45) is 17.8 Å². The first-order valence-electron chi connectivity index (χ1n) is 15.4. The summed E-state index contributed by atoms with van der Waals surface area (Å²) in [5.74, 6) is -0.271. The van der Waals surface area contributed by atoms with Crippen LogP contribution in [0.15, 0.2) is 35.5 Å². The lowest BCUT2D eigenvalue weighted by molar-refractivity contribution is -0.303. The minimum atomic E-state index is -1.96. The number of methoxy groups -OCH3 is 1. The molecule has 1 aliphatic rings. The average Bonchev–Trinajstić information content (AvgIpc) is 2.88. The molecule has 0 aliphatic carbocycles. The molecule has 0 bridgehead atoms. The Labute approximate surface area is 247 Å². The first kappa shape index (κ1) is 36.8. The van der Waals surface area contributed by atoms with Gasteiger partial charge in [0.15, 0.2) is 14.1 Å². The van der Waals surface area contributed by atoms with E-state index in [0.29, 0.717) is 24.3 Å². The minimum absolute atomic E-state index is 0.0103. The number of ether oxygens (including phenoxy) is 4. The summed E-state index contributed by atoms with van der Waals surface area (Å²) in [6.07, 6.45) is 9.08. The zero-order valence-corrected chi connectivity index (χ0v) is 28.8. The lowest BCUT2D eigenvalue weighted by Crippen LogP contribution is -2.49. The van der Waals surface area contributed by atoms with Crippen molar-refractivity contribution >= 4 is 14.3 Å². The second-order valence-electron chi connectivity index (χ2n) is 12.5. The van der Waals surface area contributed by atoms with Crippen molar-refractivity contribution in [1.29, 1.82) is 0 Å². The topological polar surface area (TPSA) is 63.2 Å². The predicted octanol–water partition coefficient (Wildman–Crippen LogP) is 8.24. The molecule has 0 N–H and O–H groups in total. The standard InChI is InChI=1S/C33H60O6Si/c1-14-36-32(34)27(9)21-26(8)30(39-40(15-2,16-3)23(4)5)25(7)20-24(6)18-17-19-29(35-13)31-28(10)22-37-33(11,12)38-31/h17-19,21,23,25-26,28-31H,14-16,20,22H2,1-13H3/b19-17+,24-18+,27-21+/t25-,26+,28-,29-,30-,31+/m0/s1. The van der Waals surface area contributed by atoms with Gasteiger partial charge in [0.2, 0.25) is 0 Å². The van der Waals surface area contributed by atoms with E-state index in [9.17, 15) is 4.79 Å². The molecule has 0 aromatic rings. The molecule has 1 heterocycles. The van der Waals surface area contributed by atoms with Crippen molar-refractivity contribution in [3.05, 3.63) is 35.5 Å². The fourth-order valence-electron chi connectivity index (χ4n) is 5.82. The predicted molar refractivity (Wildman–Crippen MR) is 168 cm³/mol. The molecule has 0 aromatic carbocycles. The molecule has 0 spiro atoms. The van der Waals surface area contributed by atoms with Crippen LogP contribution in [0.5, 0.6) is 0 Å². The SMILES string of the molecule is CCOC(=O)/C(C)=C/[C@@H](C)[C@@H](O[Si](CC)(CC)C(C)C)[C@@H](C)C/C(C)=C/C=C/[C@H](OC)[C@@H]1OC(C)(C)OC[C@@H]1C. The Morgan fingerprint density at radius 2 is 1.73 bits per heavy atom. The summed E-state index contributed by atoms with van der Waals surface area (Å²) in [6, 6.07) is 2.16. The van der Waals surface area contributed by atoms with Gasteiger partial charge in [-0.1, -0.05) is 78.3 Å². The minimum Gasteiger partial charge on any atom is -0.463 e. The summed E-state index contributed by atoms with van der Waals surface area (Å²) in [6.45, 7) is 26.5. The van der Waals surface area contributed by atoms with Crippen molar-refractivity contribution in [2.75, 3.05) is 20.3 Å². The van der Waals surface area contributed by atoms with Gasteiger partial charge in [0.25, 0.3) is 0 Å².